The minimum Gasteiger partial charge on any atom is -0.339 e. The Morgan fingerprint density at radius 3 is 2.33 bits per heavy atom. The predicted octanol–water partition coefficient (Wildman–Crippen LogP) is 2.49. The molecule has 1 saturated carbocycles. The molecule has 8 nitrogen and oxygen atoms in total. The number of rotatable bonds is 4. The average molecular weight is 497 g/mol. The number of fused-ring (bicyclic) bond motifs is 1. The molecular formula is C26H26F2N4O4. The van der Waals surface area contributed by atoms with Gasteiger partial charge in [0.15, 0.2) is 0 Å². The van der Waals surface area contributed by atoms with Crippen LogP contribution in [-0.4, -0.2) is 57.3 Å². The molecule has 1 aliphatic heterocycles. The van der Waals surface area contributed by atoms with E-state index in [0.29, 0.717) is 31.7 Å². The average Bonchev–Trinajstić information content (AvgIpc) is 3.41. The van der Waals surface area contributed by atoms with Gasteiger partial charge in [0.05, 0.1) is 23.0 Å². The molecule has 0 spiro atoms. The fourth-order valence-electron chi connectivity index (χ4n) is 5.20. The fourth-order valence-corrected chi connectivity index (χ4v) is 5.20. The molecular weight excluding hydrogens is 470 g/mol. The van der Waals surface area contributed by atoms with Crippen molar-refractivity contribution in [3.05, 3.63) is 80.0 Å². The van der Waals surface area contributed by atoms with Crippen molar-refractivity contribution in [2.75, 3.05) is 26.2 Å². The van der Waals surface area contributed by atoms with Gasteiger partial charge in [0.25, 0.3) is 11.5 Å². The van der Waals surface area contributed by atoms with Crippen molar-refractivity contribution >= 4 is 22.7 Å². The van der Waals surface area contributed by atoms with Crippen LogP contribution in [-0.2, 0) is 11.3 Å². The molecule has 0 atom stereocenters. The van der Waals surface area contributed by atoms with E-state index in [1.54, 1.807) is 4.90 Å². The number of piperazine rings is 1. The number of nitrogens with one attached hydrogen (secondary N) is 1. The Hall–Kier alpha value is -3.82. The maximum atomic E-state index is 14.7. The molecule has 1 aromatic heterocycles. The van der Waals surface area contributed by atoms with E-state index in [0.717, 1.165) is 37.8 Å². The molecule has 2 fully saturated rings. The largest absolute Gasteiger partial charge is 0.339 e. The van der Waals surface area contributed by atoms with Crippen LogP contribution in [0.5, 0.6) is 0 Å². The molecule has 5 rings (SSSR count). The van der Waals surface area contributed by atoms with Crippen LogP contribution in [0.15, 0.2) is 46.0 Å². The Bertz CT molecular complexity index is 1450. The lowest BCUT2D eigenvalue weighted by atomic mass is 10.1. The van der Waals surface area contributed by atoms with Gasteiger partial charge in [-0.2, -0.15) is 0 Å². The summed E-state index contributed by atoms with van der Waals surface area (Å²) in [6, 6.07) is 7.94. The number of amides is 2. The second kappa shape index (κ2) is 9.67. The van der Waals surface area contributed by atoms with Crippen LogP contribution >= 0.6 is 0 Å². The molecule has 1 saturated heterocycles. The molecule has 1 N–H and O–H groups in total. The van der Waals surface area contributed by atoms with Gasteiger partial charge < -0.3 is 9.80 Å². The van der Waals surface area contributed by atoms with Gasteiger partial charge in [0.2, 0.25) is 5.91 Å². The number of hydrogen-bond donors (Lipinski definition) is 1. The van der Waals surface area contributed by atoms with Crippen molar-refractivity contribution in [3.8, 4) is 0 Å². The van der Waals surface area contributed by atoms with Gasteiger partial charge in [0, 0.05) is 32.1 Å². The molecule has 2 aromatic carbocycles. The molecule has 2 aliphatic rings. The molecule has 0 unspecified atom stereocenters. The van der Waals surface area contributed by atoms with Crippen molar-refractivity contribution in [1.29, 1.82) is 0 Å². The van der Waals surface area contributed by atoms with E-state index in [1.807, 2.05) is 0 Å². The molecule has 2 heterocycles. The minimum atomic E-state index is -0.829. The van der Waals surface area contributed by atoms with Crippen LogP contribution in [0.3, 0.4) is 0 Å². The summed E-state index contributed by atoms with van der Waals surface area (Å²) < 4.78 is 30.1. The lowest BCUT2D eigenvalue weighted by Crippen LogP contribution is -2.51. The molecule has 3 aromatic rings. The molecule has 188 valence electrons. The third kappa shape index (κ3) is 4.43. The summed E-state index contributed by atoms with van der Waals surface area (Å²) in [5.74, 6) is -1.74. The van der Waals surface area contributed by atoms with Crippen molar-refractivity contribution in [2.24, 2.45) is 5.92 Å². The maximum absolute atomic E-state index is 14.7. The van der Waals surface area contributed by atoms with Gasteiger partial charge in [0.1, 0.15) is 11.6 Å². The zero-order chi connectivity index (χ0) is 25.4. The first kappa shape index (κ1) is 23.9. The fraction of sp³-hybridized carbons (Fsp3) is 0.385. The van der Waals surface area contributed by atoms with E-state index < -0.39 is 28.8 Å². The Morgan fingerprint density at radius 2 is 1.61 bits per heavy atom. The maximum Gasteiger partial charge on any atom is 0.329 e. The molecule has 36 heavy (non-hydrogen) atoms. The normalized spacial score (nSPS) is 16.6. The van der Waals surface area contributed by atoms with Crippen LogP contribution < -0.4 is 11.2 Å². The monoisotopic (exact) mass is 496 g/mol. The number of aromatic amines is 1. The van der Waals surface area contributed by atoms with Gasteiger partial charge in [-0.05, 0) is 42.7 Å². The van der Waals surface area contributed by atoms with E-state index in [1.165, 1.54) is 33.7 Å². The lowest BCUT2D eigenvalue weighted by molar-refractivity contribution is -0.136. The summed E-state index contributed by atoms with van der Waals surface area (Å²) in [7, 11) is 0. The van der Waals surface area contributed by atoms with Crippen molar-refractivity contribution in [3.63, 3.8) is 0 Å². The number of carbonyl (C=O) groups excluding carboxylic acids is 2. The number of carbonyl (C=O) groups is 2. The Morgan fingerprint density at radius 1 is 0.917 bits per heavy atom. The number of hydrogen-bond acceptors (Lipinski definition) is 4. The smallest absolute Gasteiger partial charge is 0.329 e. The summed E-state index contributed by atoms with van der Waals surface area (Å²) in [4.78, 5) is 55.8. The quantitative estimate of drug-likeness (QED) is 0.601. The standard InChI is InChI=1S/C26H26F2N4O4/c27-19-9-8-16(15-32-21-7-3-6-20(28)22(21)23(33)29-26(32)36)14-18(19)25(35)31-12-10-30(11-13-31)24(34)17-4-1-2-5-17/h3,6-9,14,17H,1-2,4-5,10-13,15H2,(H,29,33,36). The van der Waals surface area contributed by atoms with Crippen molar-refractivity contribution in [2.45, 2.75) is 32.2 Å². The number of benzene rings is 2. The SMILES string of the molecule is O=C(c1cc(Cn2c(=O)[nH]c(=O)c3c(F)cccc32)ccc1F)N1CCN(C(=O)C2CCCC2)CC1. The first-order chi connectivity index (χ1) is 17.3. The van der Waals surface area contributed by atoms with Crippen LogP contribution in [0, 0.1) is 17.6 Å². The molecule has 10 heteroatoms. The first-order valence-electron chi connectivity index (χ1n) is 12.1. The van der Waals surface area contributed by atoms with E-state index in [2.05, 4.69) is 4.98 Å². The van der Waals surface area contributed by atoms with Crippen LogP contribution in [0.2, 0.25) is 0 Å². The van der Waals surface area contributed by atoms with E-state index in [4.69, 9.17) is 0 Å². The molecule has 1 aliphatic carbocycles. The highest BCUT2D eigenvalue weighted by Crippen LogP contribution is 2.27. The summed E-state index contributed by atoms with van der Waals surface area (Å²) in [6.45, 7) is 1.34. The topological polar surface area (TPSA) is 95.5 Å². The summed E-state index contributed by atoms with van der Waals surface area (Å²) in [6.07, 6.45) is 3.97. The zero-order valence-corrected chi connectivity index (χ0v) is 19.6. The Kier molecular flexibility index (Phi) is 6.42. The minimum absolute atomic E-state index is 0.0715. The second-order valence-corrected chi connectivity index (χ2v) is 9.39. The predicted molar refractivity (Wildman–Crippen MR) is 129 cm³/mol. The zero-order valence-electron chi connectivity index (χ0n) is 19.6. The van der Waals surface area contributed by atoms with Gasteiger partial charge >= 0.3 is 5.69 Å². The van der Waals surface area contributed by atoms with Gasteiger partial charge in [-0.3, -0.25) is 23.9 Å². The number of halogens is 2. The summed E-state index contributed by atoms with van der Waals surface area (Å²) in [5, 5.41) is -0.250. The van der Waals surface area contributed by atoms with Gasteiger partial charge in [-0.1, -0.05) is 25.0 Å². The van der Waals surface area contributed by atoms with Crippen LogP contribution in [0.4, 0.5) is 8.78 Å². The summed E-state index contributed by atoms with van der Waals surface area (Å²) in [5.41, 5.74) is -1.17. The van der Waals surface area contributed by atoms with Gasteiger partial charge in [-0.25, -0.2) is 13.6 Å². The lowest BCUT2D eigenvalue weighted by Gasteiger charge is -2.36. The molecule has 0 radical (unpaired) electrons. The molecule has 2 amide bonds. The third-order valence-electron chi connectivity index (χ3n) is 7.16. The third-order valence-corrected chi connectivity index (χ3v) is 7.16. The second-order valence-electron chi connectivity index (χ2n) is 9.39. The Labute approximate surface area is 205 Å². The van der Waals surface area contributed by atoms with Crippen molar-refractivity contribution in [1.82, 2.24) is 19.4 Å². The summed E-state index contributed by atoms with van der Waals surface area (Å²) >= 11 is 0. The number of H-pyrrole nitrogens is 1. The number of nitrogens with zero attached hydrogens (tertiary/aromatic N) is 3. The highest BCUT2D eigenvalue weighted by atomic mass is 19.1. The number of aromatic nitrogens is 2. The Balaban J connectivity index is 1.35. The highest BCUT2D eigenvalue weighted by Gasteiger charge is 2.31. The van der Waals surface area contributed by atoms with Gasteiger partial charge in [-0.15, -0.1) is 0 Å². The highest BCUT2D eigenvalue weighted by molar-refractivity contribution is 5.95. The van der Waals surface area contributed by atoms with E-state index >= 15 is 0 Å². The van der Waals surface area contributed by atoms with Crippen LogP contribution in [0.25, 0.3) is 10.9 Å². The van der Waals surface area contributed by atoms with Crippen LogP contribution in [0.1, 0.15) is 41.6 Å². The van der Waals surface area contributed by atoms with E-state index in [9.17, 15) is 28.0 Å². The van der Waals surface area contributed by atoms with E-state index in [-0.39, 0.29) is 34.8 Å². The van der Waals surface area contributed by atoms with Crippen molar-refractivity contribution < 1.29 is 18.4 Å². The molecule has 0 bridgehead atoms. The first-order valence-corrected chi connectivity index (χ1v) is 12.1.